The molecular formula is C14H27NO. The summed E-state index contributed by atoms with van der Waals surface area (Å²) in [6.07, 6.45) is 4.45. The van der Waals surface area contributed by atoms with Gasteiger partial charge in [-0.3, -0.25) is 4.79 Å². The van der Waals surface area contributed by atoms with Crippen LogP contribution in [-0.4, -0.2) is 22.9 Å². The first-order valence-electron chi connectivity index (χ1n) is 6.67. The molecule has 0 aromatic rings. The highest BCUT2D eigenvalue weighted by atomic mass is 16.2. The smallest absolute Gasteiger partial charge is 0.226 e. The van der Waals surface area contributed by atoms with Crippen molar-refractivity contribution < 1.29 is 4.79 Å². The molecule has 2 unspecified atom stereocenters. The van der Waals surface area contributed by atoms with Crippen molar-refractivity contribution in [3.8, 4) is 0 Å². The molecule has 1 saturated heterocycles. The minimum Gasteiger partial charge on any atom is -0.337 e. The van der Waals surface area contributed by atoms with Gasteiger partial charge in [0.2, 0.25) is 5.91 Å². The Bertz CT molecular complexity index is 242. The lowest BCUT2D eigenvalue weighted by Crippen LogP contribution is -2.48. The van der Waals surface area contributed by atoms with Gasteiger partial charge in [0, 0.05) is 18.0 Å². The third kappa shape index (κ3) is 3.23. The standard InChI is InChI=1S/C14H27NO/c1-6-7-12-9-8-11(2)10-15(13(12)16)14(3,4)5/h11-12H,6-10H2,1-5H3. The molecule has 2 nitrogen and oxygen atoms in total. The van der Waals surface area contributed by atoms with E-state index in [4.69, 9.17) is 0 Å². The summed E-state index contributed by atoms with van der Waals surface area (Å²) in [4.78, 5) is 14.6. The third-order valence-corrected chi connectivity index (χ3v) is 3.56. The van der Waals surface area contributed by atoms with E-state index in [0.717, 1.165) is 25.8 Å². The quantitative estimate of drug-likeness (QED) is 0.705. The van der Waals surface area contributed by atoms with Crippen molar-refractivity contribution in [1.82, 2.24) is 4.90 Å². The minimum absolute atomic E-state index is 0.0261. The van der Waals surface area contributed by atoms with Crippen molar-refractivity contribution in [2.24, 2.45) is 11.8 Å². The summed E-state index contributed by atoms with van der Waals surface area (Å²) in [5.74, 6) is 1.30. The van der Waals surface area contributed by atoms with E-state index in [1.165, 1.54) is 6.42 Å². The van der Waals surface area contributed by atoms with Crippen LogP contribution in [0.2, 0.25) is 0 Å². The summed E-state index contributed by atoms with van der Waals surface area (Å²) < 4.78 is 0. The second kappa shape index (κ2) is 5.20. The highest BCUT2D eigenvalue weighted by molar-refractivity contribution is 5.79. The number of nitrogens with zero attached hydrogens (tertiary/aromatic N) is 1. The van der Waals surface area contributed by atoms with Crippen LogP contribution in [0.15, 0.2) is 0 Å². The molecule has 16 heavy (non-hydrogen) atoms. The molecule has 94 valence electrons. The van der Waals surface area contributed by atoms with Crippen LogP contribution in [0.3, 0.4) is 0 Å². The van der Waals surface area contributed by atoms with Gasteiger partial charge >= 0.3 is 0 Å². The number of likely N-dealkylation sites (tertiary alicyclic amines) is 1. The number of rotatable bonds is 2. The molecule has 1 aliphatic heterocycles. The van der Waals surface area contributed by atoms with E-state index in [9.17, 15) is 4.79 Å². The number of hydrogen-bond donors (Lipinski definition) is 0. The van der Waals surface area contributed by atoms with Crippen molar-refractivity contribution in [3.05, 3.63) is 0 Å². The topological polar surface area (TPSA) is 20.3 Å². The third-order valence-electron chi connectivity index (χ3n) is 3.56. The summed E-state index contributed by atoms with van der Waals surface area (Å²) in [6, 6.07) is 0. The molecule has 0 aliphatic carbocycles. The monoisotopic (exact) mass is 225 g/mol. The lowest BCUT2D eigenvalue weighted by molar-refractivity contribution is -0.140. The van der Waals surface area contributed by atoms with E-state index in [0.29, 0.717) is 11.8 Å². The zero-order valence-corrected chi connectivity index (χ0v) is 11.5. The maximum atomic E-state index is 12.5. The number of carbonyl (C=O) groups is 1. The Hall–Kier alpha value is -0.530. The van der Waals surface area contributed by atoms with Crippen LogP contribution < -0.4 is 0 Å². The Kier molecular flexibility index (Phi) is 4.40. The van der Waals surface area contributed by atoms with Crippen molar-refractivity contribution in [2.45, 2.75) is 65.8 Å². The largest absolute Gasteiger partial charge is 0.337 e. The number of carbonyl (C=O) groups excluding carboxylic acids is 1. The van der Waals surface area contributed by atoms with Gasteiger partial charge in [0.1, 0.15) is 0 Å². The Labute approximate surface area is 100 Å². The van der Waals surface area contributed by atoms with Crippen LogP contribution in [0, 0.1) is 11.8 Å². The summed E-state index contributed by atoms with van der Waals surface area (Å²) >= 11 is 0. The van der Waals surface area contributed by atoms with Gasteiger partial charge in [-0.1, -0.05) is 20.3 Å². The van der Waals surface area contributed by atoms with Gasteiger partial charge in [-0.15, -0.1) is 0 Å². The van der Waals surface area contributed by atoms with E-state index < -0.39 is 0 Å². The second-order valence-corrected chi connectivity index (χ2v) is 6.29. The molecule has 1 heterocycles. The maximum absolute atomic E-state index is 12.5. The normalized spacial score (nSPS) is 28.1. The highest BCUT2D eigenvalue weighted by Gasteiger charge is 2.34. The van der Waals surface area contributed by atoms with Crippen molar-refractivity contribution in [1.29, 1.82) is 0 Å². The van der Waals surface area contributed by atoms with Crippen molar-refractivity contribution in [3.63, 3.8) is 0 Å². The molecule has 0 radical (unpaired) electrons. The number of amides is 1. The van der Waals surface area contributed by atoms with E-state index in [2.05, 4.69) is 39.5 Å². The fraction of sp³-hybridized carbons (Fsp3) is 0.929. The van der Waals surface area contributed by atoms with Gasteiger partial charge in [-0.25, -0.2) is 0 Å². The van der Waals surface area contributed by atoms with Crippen LogP contribution in [-0.2, 0) is 4.79 Å². The molecule has 0 bridgehead atoms. The van der Waals surface area contributed by atoms with Crippen LogP contribution in [0.1, 0.15) is 60.3 Å². The lowest BCUT2D eigenvalue weighted by atomic mass is 9.94. The van der Waals surface area contributed by atoms with E-state index >= 15 is 0 Å². The zero-order chi connectivity index (χ0) is 12.3. The fourth-order valence-electron chi connectivity index (χ4n) is 2.54. The van der Waals surface area contributed by atoms with Crippen LogP contribution in [0.25, 0.3) is 0 Å². The lowest BCUT2D eigenvalue weighted by Gasteiger charge is -2.37. The summed E-state index contributed by atoms with van der Waals surface area (Å²) in [6.45, 7) is 11.8. The molecule has 1 aliphatic rings. The molecule has 2 atom stereocenters. The first kappa shape index (κ1) is 13.5. The van der Waals surface area contributed by atoms with Crippen molar-refractivity contribution in [2.75, 3.05) is 6.54 Å². The van der Waals surface area contributed by atoms with Crippen molar-refractivity contribution >= 4 is 5.91 Å². The van der Waals surface area contributed by atoms with Gasteiger partial charge in [0.05, 0.1) is 0 Å². The molecule has 0 aromatic carbocycles. The van der Waals surface area contributed by atoms with E-state index in [1.807, 2.05) is 0 Å². The second-order valence-electron chi connectivity index (χ2n) is 6.29. The van der Waals surface area contributed by atoms with Crippen LogP contribution >= 0.6 is 0 Å². The van der Waals surface area contributed by atoms with Gasteiger partial charge in [-0.05, 0) is 46.0 Å². The molecule has 1 fully saturated rings. The van der Waals surface area contributed by atoms with E-state index in [1.54, 1.807) is 0 Å². The first-order valence-corrected chi connectivity index (χ1v) is 6.67. The molecule has 2 heteroatoms. The maximum Gasteiger partial charge on any atom is 0.226 e. The first-order chi connectivity index (χ1) is 7.36. The molecule has 0 spiro atoms. The SMILES string of the molecule is CCCC1CCC(C)CN(C(C)(C)C)C1=O. The summed E-state index contributed by atoms with van der Waals surface area (Å²) in [5, 5.41) is 0. The van der Waals surface area contributed by atoms with Gasteiger partial charge < -0.3 is 4.90 Å². The molecule has 0 aromatic heterocycles. The Morgan fingerprint density at radius 3 is 2.44 bits per heavy atom. The molecule has 0 N–H and O–H groups in total. The molecule has 0 saturated carbocycles. The fourth-order valence-corrected chi connectivity index (χ4v) is 2.54. The van der Waals surface area contributed by atoms with Gasteiger partial charge in [0.15, 0.2) is 0 Å². The zero-order valence-electron chi connectivity index (χ0n) is 11.5. The average molecular weight is 225 g/mol. The Balaban J connectivity index is 2.84. The van der Waals surface area contributed by atoms with Gasteiger partial charge in [0.25, 0.3) is 0 Å². The molecule has 1 amide bonds. The Morgan fingerprint density at radius 2 is 1.94 bits per heavy atom. The van der Waals surface area contributed by atoms with E-state index in [-0.39, 0.29) is 11.5 Å². The number of hydrogen-bond acceptors (Lipinski definition) is 1. The predicted octanol–water partition coefficient (Wildman–Crippen LogP) is 3.46. The predicted molar refractivity (Wildman–Crippen MR) is 68.3 cm³/mol. The minimum atomic E-state index is -0.0261. The van der Waals surface area contributed by atoms with Crippen LogP contribution in [0.4, 0.5) is 0 Å². The van der Waals surface area contributed by atoms with Crippen LogP contribution in [0.5, 0.6) is 0 Å². The molecular weight excluding hydrogens is 198 g/mol. The average Bonchev–Trinajstić information content (AvgIpc) is 2.30. The van der Waals surface area contributed by atoms with Gasteiger partial charge in [-0.2, -0.15) is 0 Å². The summed E-state index contributed by atoms with van der Waals surface area (Å²) in [5.41, 5.74) is -0.0261. The molecule has 1 rings (SSSR count). The Morgan fingerprint density at radius 1 is 1.31 bits per heavy atom. The highest BCUT2D eigenvalue weighted by Crippen LogP contribution is 2.29. The summed E-state index contributed by atoms with van der Waals surface area (Å²) in [7, 11) is 0.